The van der Waals surface area contributed by atoms with Crippen molar-refractivity contribution in [2.24, 2.45) is 11.1 Å². The van der Waals surface area contributed by atoms with Gasteiger partial charge in [-0.25, -0.2) is 0 Å². The Morgan fingerprint density at radius 1 is 1.64 bits per heavy atom. The Hall–Kier alpha value is -1.08. The van der Waals surface area contributed by atoms with Crippen molar-refractivity contribution >= 4 is 5.91 Å². The molecule has 0 radical (unpaired) electrons. The molecule has 0 saturated heterocycles. The third-order valence-corrected chi connectivity index (χ3v) is 1.39. The average molecular weight is 155 g/mol. The van der Waals surface area contributed by atoms with Gasteiger partial charge in [-0.1, -0.05) is 20.8 Å². The van der Waals surface area contributed by atoms with Crippen LogP contribution in [-0.2, 0) is 4.79 Å². The molecule has 0 aliphatic carbocycles. The van der Waals surface area contributed by atoms with Gasteiger partial charge in [-0.3, -0.25) is 10.1 Å². The molecule has 0 heterocycles. The first-order valence-electron chi connectivity index (χ1n) is 3.34. The van der Waals surface area contributed by atoms with E-state index in [1.54, 1.807) is 6.19 Å². The van der Waals surface area contributed by atoms with E-state index in [4.69, 9.17) is 11.0 Å². The molecule has 0 saturated carbocycles. The smallest absolute Gasteiger partial charge is 0.250 e. The van der Waals surface area contributed by atoms with Crippen LogP contribution in [0.5, 0.6) is 0 Å². The standard InChI is InChI=1S/C7H13N3O/c1-7(2,3)5(9)6(11)10-4-8/h5H,9H2,1-3H3,(H,10,11). The Bertz CT molecular complexity index is 187. The number of carbonyl (C=O) groups excluding carboxylic acids is 1. The van der Waals surface area contributed by atoms with Gasteiger partial charge >= 0.3 is 0 Å². The van der Waals surface area contributed by atoms with Crippen LogP contribution >= 0.6 is 0 Å². The second-order valence-electron chi connectivity index (χ2n) is 3.44. The number of carbonyl (C=O) groups is 1. The molecule has 62 valence electrons. The molecule has 0 rings (SSSR count). The van der Waals surface area contributed by atoms with E-state index in [1.807, 2.05) is 26.1 Å². The molecular formula is C7H13N3O. The number of nitrogens with one attached hydrogen (secondary N) is 1. The number of nitrogens with two attached hydrogens (primary N) is 1. The van der Waals surface area contributed by atoms with Gasteiger partial charge < -0.3 is 5.73 Å². The summed E-state index contributed by atoms with van der Waals surface area (Å²) in [6.07, 6.45) is 1.54. The molecule has 1 unspecified atom stereocenters. The second kappa shape index (κ2) is 3.35. The summed E-state index contributed by atoms with van der Waals surface area (Å²) in [5, 5.41) is 10.1. The highest BCUT2D eigenvalue weighted by molar-refractivity contribution is 5.83. The Kier molecular flexibility index (Phi) is 3.02. The van der Waals surface area contributed by atoms with Crippen LogP contribution in [0, 0.1) is 16.9 Å². The van der Waals surface area contributed by atoms with Gasteiger partial charge in [0.1, 0.15) is 0 Å². The van der Waals surface area contributed by atoms with E-state index in [2.05, 4.69) is 0 Å². The highest BCUT2D eigenvalue weighted by Gasteiger charge is 2.26. The predicted molar refractivity (Wildman–Crippen MR) is 41.2 cm³/mol. The Balaban J connectivity index is 4.17. The SMILES string of the molecule is CC(C)(C)C(N)C(=O)NC#N. The van der Waals surface area contributed by atoms with Gasteiger partial charge in [0.15, 0.2) is 6.19 Å². The summed E-state index contributed by atoms with van der Waals surface area (Å²) in [7, 11) is 0. The molecule has 0 aliphatic heterocycles. The van der Waals surface area contributed by atoms with E-state index in [0.29, 0.717) is 0 Å². The summed E-state index contributed by atoms with van der Waals surface area (Å²) >= 11 is 0. The molecular weight excluding hydrogens is 142 g/mol. The molecule has 0 aromatic rings. The van der Waals surface area contributed by atoms with Crippen LogP contribution in [0.1, 0.15) is 20.8 Å². The minimum Gasteiger partial charge on any atom is -0.319 e. The topological polar surface area (TPSA) is 78.9 Å². The summed E-state index contributed by atoms with van der Waals surface area (Å²) in [4.78, 5) is 10.9. The largest absolute Gasteiger partial charge is 0.319 e. The highest BCUT2D eigenvalue weighted by Crippen LogP contribution is 2.16. The molecule has 0 bridgehead atoms. The van der Waals surface area contributed by atoms with E-state index in [9.17, 15) is 4.79 Å². The van der Waals surface area contributed by atoms with Crippen molar-refractivity contribution in [2.45, 2.75) is 26.8 Å². The molecule has 1 amide bonds. The normalized spacial score (nSPS) is 13.4. The summed E-state index contributed by atoms with van der Waals surface area (Å²) in [5.41, 5.74) is 5.21. The van der Waals surface area contributed by atoms with E-state index < -0.39 is 11.9 Å². The molecule has 4 nitrogen and oxygen atoms in total. The van der Waals surface area contributed by atoms with Crippen LogP contribution in [0.25, 0.3) is 0 Å². The van der Waals surface area contributed by atoms with E-state index in [1.165, 1.54) is 0 Å². The number of hydrogen-bond acceptors (Lipinski definition) is 3. The molecule has 0 aromatic heterocycles. The lowest BCUT2D eigenvalue weighted by atomic mass is 9.87. The minimum atomic E-state index is -0.637. The number of nitriles is 1. The molecule has 0 spiro atoms. The average Bonchev–Trinajstić information content (AvgIpc) is 1.85. The number of hydrogen-bond donors (Lipinski definition) is 2. The third kappa shape index (κ3) is 3.01. The zero-order valence-electron chi connectivity index (χ0n) is 7.01. The van der Waals surface area contributed by atoms with Crippen LogP contribution in [0.4, 0.5) is 0 Å². The van der Waals surface area contributed by atoms with Crippen LogP contribution in [0.2, 0.25) is 0 Å². The zero-order valence-corrected chi connectivity index (χ0v) is 7.01. The van der Waals surface area contributed by atoms with Crippen molar-refractivity contribution in [3.05, 3.63) is 0 Å². The van der Waals surface area contributed by atoms with Crippen LogP contribution in [0.3, 0.4) is 0 Å². The van der Waals surface area contributed by atoms with Gasteiger partial charge in [0.2, 0.25) is 5.91 Å². The first kappa shape index (κ1) is 9.92. The fraction of sp³-hybridized carbons (Fsp3) is 0.714. The van der Waals surface area contributed by atoms with Crippen LogP contribution in [0.15, 0.2) is 0 Å². The van der Waals surface area contributed by atoms with Gasteiger partial charge in [-0.2, -0.15) is 5.26 Å². The third-order valence-electron chi connectivity index (χ3n) is 1.39. The fourth-order valence-corrected chi connectivity index (χ4v) is 0.526. The van der Waals surface area contributed by atoms with Crippen molar-refractivity contribution in [3.8, 4) is 6.19 Å². The number of nitrogens with zero attached hydrogens (tertiary/aromatic N) is 1. The first-order chi connectivity index (χ1) is 4.89. The lowest BCUT2D eigenvalue weighted by molar-refractivity contribution is -0.123. The van der Waals surface area contributed by atoms with Gasteiger partial charge in [-0.05, 0) is 5.41 Å². The lowest BCUT2D eigenvalue weighted by Gasteiger charge is -2.24. The van der Waals surface area contributed by atoms with E-state index >= 15 is 0 Å². The van der Waals surface area contributed by atoms with Crippen molar-refractivity contribution in [3.63, 3.8) is 0 Å². The Morgan fingerprint density at radius 2 is 2.09 bits per heavy atom. The Morgan fingerprint density at radius 3 is 2.36 bits per heavy atom. The minimum absolute atomic E-state index is 0.305. The van der Waals surface area contributed by atoms with E-state index in [0.717, 1.165) is 0 Å². The molecule has 3 N–H and O–H groups in total. The van der Waals surface area contributed by atoms with Crippen LogP contribution < -0.4 is 11.1 Å². The number of amides is 1. The van der Waals surface area contributed by atoms with Gasteiger partial charge in [0, 0.05) is 0 Å². The monoisotopic (exact) mass is 155 g/mol. The molecule has 1 atom stereocenters. The van der Waals surface area contributed by atoms with Crippen molar-refractivity contribution in [1.29, 1.82) is 5.26 Å². The Labute approximate surface area is 66.4 Å². The zero-order chi connectivity index (χ0) is 9.07. The predicted octanol–water partition coefficient (Wildman–Crippen LogP) is -0.0429. The maximum atomic E-state index is 10.9. The second-order valence-corrected chi connectivity index (χ2v) is 3.44. The van der Waals surface area contributed by atoms with Gasteiger partial charge in [0.25, 0.3) is 0 Å². The van der Waals surface area contributed by atoms with Crippen molar-refractivity contribution in [1.82, 2.24) is 5.32 Å². The summed E-state index contributed by atoms with van der Waals surface area (Å²) < 4.78 is 0. The summed E-state index contributed by atoms with van der Waals surface area (Å²) in [6, 6.07) is -0.637. The van der Waals surface area contributed by atoms with Gasteiger partial charge in [-0.15, -0.1) is 0 Å². The first-order valence-corrected chi connectivity index (χ1v) is 3.34. The molecule has 11 heavy (non-hydrogen) atoms. The van der Waals surface area contributed by atoms with Crippen molar-refractivity contribution in [2.75, 3.05) is 0 Å². The lowest BCUT2D eigenvalue weighted by Crippen LogP contribution is -2.47. The molecule has 4 heteroatoms. The van der Waals surface area contributed by atoms with Crippen molar-refractivity contribution < 1.29 is 4.79 Å². The highest BCUT2D eigenvalue weighted by atomic mass is 16.2. The molecule has 0 aromatic carbocycles. The number of rotatable bonds is 1. The maximum absolute atomic E-state index is 10.9. The van der Waals surface area contributed by atoms with Gasteiger partial charge in [0.05, 0.1) is 6.04 Å². The maximum Gasteiger partial charge on any atom is 0.250 e. The molecule has 0 aliphatic rings. The summed E-state index contributed by atoms with van der Waals surface area (Å²) in [6.45, 7) is 5.53. The summed E-state index contributed by atoms with van der Waals surface area (Å²) in [5.74, 6) is -0.431. The fourth-order valence-electron chi connectivity index (χ4n) is 0.526. The van der Waals surface area contributed by atoms with E-state index in [-0.39, 0.29) is 5.41 Å². The van der Waals surface area contributed by atoms with Crippen LogP contribution in [-0.4, -0.2) is 11.9 Å². The quantitative estimate of drug-likeness (QED) is 0.412. The molecule has 0 fully saturated rings.